The van der Waals surface area contributed by atoms with E-state index in [0.717, 1.165) is 17.0 Å². The van der Waals surface area contributed by atoms with Gasteiger partial charge in [-0.1, -0.05) is 30.3 Å². The minimum atomic E-state index is -0.689. The summed E-state index contributed by atoms with van der Waals surface area (Å²) in [6.07, 6.45) is 2.56. The van der Waals surface area contributed by atoms with Gasteiger partial charge in [0, 0.05) is 11.5 Å². The van der Waals surface area contributed by atoms with Crippen molar-refractivity contribution in [3.8, 4) is 0 Å². The van der Waals surface area contributed by atoms with Gasteiger partial charge in [0.15, 0.2) is 6.61 Å². The number of rotatable bonds is 6. The summed E-state index contributed by atoms with van der Waals surface area (Å²) in [5.41, 5.74) is 1.26. The molecule has 2 aromatic carbocycles. The zero-order chi connectivity index (χ0) is 19.2. The van der Waals surface area contributed by atoms with Gasteiger partial charge in [0.2, 0.25) is 0 Å². The smallest absolute Gasteiger partial charge is 0.331 e. The van der Waals surface area contributed by atoms with E-state index in [9.17, 15) is 14.0 Å². The van der Waals surface area contributed by atoms with E-state index in [1.54, 1.807) is 13.0 Å². The van der Waals surface area contributed by atoms with Gasteiger partial charge in [-0.15, -0.1) is 0 Å². The van der Waals surface area contributed by atoms with E-state index in [0.29, 0.717) is 11.3 Å². The third-order valence-corrected chi connectivity index (χ3v) is 3.85. The van der Waals surface area contributed by atoms with Crippen LogP contribution in [0.4, 0.5) is 4.39 Å². The van der Waals surface area contributed by atoms with Gasteiger partial charge in [-0.05, 0) is 42.8 Å². The number of halogens is 1. The zero-order valence-corrected chi connectivity index (χ0v) is 14.6. The molecule has 1 aromatic heterocycles. The fourth-order valence-corrected chi connectivity index (χ4v) is 2.53. The van der Waals surface area contributed by atoms with Gasteiger partial charge in [-0.3, -0.25) is 4.79 Å². The minimum Gasteiger partial charge on any atom is -0.459 e. The van der Waals surface area contributed by atoms with Crippen molar-refractivity contribution in [3.05, 3.63) is 77.8 Å². The van der Waals surface area contributed by atoms with Crippen LogP contribution in [0.3, 0.4) is 0 Å². The molecule has 0 fully saturated rings. The lowest BCUT2D eigenvalue weighted by Crippen LogP contribution is -2.30. The number of para-hydroxylation sites is 1. The highest BCUT2D eigenvalue weighted by Gasteiger charge is 2.15. The van der Waals surface area contributed by atoms with Gasteiger partial charge in [-0.2, -0.15) is 0 Å². The first-order valence-corrected chi connectivity index (χ1v) is 8.39. The van der Waals surface area contributed by atoms with Crippen molar-refractivity contribution in [3.63, 3.8) is 0 Å². The fraction of sp³-hybridized carbons (Fsp3) is 0.143. The molecule has 27 heavy (non-hydrogen) atoms. The molecule has 0 radical (unpaired) electrons. The van der Waals surface area contributed by atoms with Crippen LogP contribution < -0.4 is 5.32 Å². The van der Waals surface area contributed by atoms with E-state index in [-0.39, 0.29) is 6.04 Å². The molecule has 3 rings (SSSR count). The molecule has 0 bridgehead atoms. The van der Waals surface area contributed by atoms with Crippen LogP contribution in [-0.4, -0.2) is 18.5 Å². The second-order valence-electron chi connectivity index (χ2n) is 5.97. The SMILES string of the molecule is C[C@@H](NC(=O)COC(=O)/C=C/c1cccc(F)c1)c1cc2ccccc2o1. The molecule has 0 saturated carbocycles. The first kappa shape index (κ1) is 18.4. The van der Waals surface area contributed by atoms with E-state index >= 15 is 0 Å². The van der Waals surface area contributed by atoms with E-state index < -0.39 is 24.3 Å². The third-order valence-electron chi connectivity index (χ3n) is 3.85. The molecule has 1 heterocycles. The standard InChI is InChI=1S/C21H18FNO4/c1-14(19-12-16-6-2-3-8-18(16)27-19)23-20(24)13-26-21(25)10-9-15-5-4-7-17(22)11-15/h2-12,14H,13H2,1H3,(H,23,24)/b10-9+/t14-/m1/s1. The van der Waals surface area contributed by atoms with Crippen LogP contribution in [0.1, 0.15) is 24.3 Å². The number of ether oxygens (including phenoxy) is 1. The Balaban J connectivity index is 1.49. The summed E-state index contributed by atoms with van der Waals surface area (Å²) in [6.45, 7) is 1.36. The van der Waals surface area contributed by atoms with Gasteiger partial charge in [-0.25, -0.2) is 9.18 Å². The van der Waals surface area contributed by atoms with Gasteiger partial charge >= 0.3 is 5.97 Å². The Bertz CT molecular complexity index is 960. The van der Waals surface area contributed by atoms with Crippen molar-refractivity contribution in [2.45, 2.75) is 13.0 Å². The molecular formula is C21H18FNO4. The number of benzene rings is 2. The number of carbonyl (C=O) groups is 2. The normalized spacial score (nSPS) is 12.2. The number of hydrogen-bond donors (Lipinski definition) is 1. The first-order valence-electron chi connectivity index (χ1n) is 8.39. The van der Waals surface area contributed by atoms with Crippen LogP contribution in [-0.2, 0) is 14.3 Å². The highest BCUT2D eigenvalue weighted by molar-refractivity contribution is 5.89. The van der Waals surface area contributed by atoms with Crippen LogP contribution >= 0.6 is 0 Å². The van der Waals surface area contributed by atoms with Crippen molar-refractivity contribution in [2.24, 2.45) is 0 Å². The first-order chi connectivity index (χ1) is 13.0. The number of nitrogens with one attached hydrogen (secondary N) is 1. The summed E-state index contributed by atoms with van der Waals surface area (Å²) in [5, 5.41) is 3.66. The molecule has 138 valence electrons. The Morgan fingerprint density at radius 1 is 1.19 bits per heavy atom. The van der Waals surface area contributed by atoms with Crippen molar-refractivity contribution < 1.29 is 23.1 Å². The van der Waals surface area contributed by atoms with Crippen molar-refractivity contribution in [1.29, 1.82) is 0 Å². The molecule has 1 atom stereocenters. The van der Waals surface area contributed by atoms with Crippen LogP contribution in [0.15, 0.2) is 65.1 Å². The molecule has 3 aromatic rings. The molecule has 5 nitrogen and oxygen atoms in total. The lowest BCUT2D eigenvalue weighted by molar-refractivity contribution is -0.144. The van der Waals surface area contributed by atoms with Crippen LogP contribution in [0.25, 0.3) is 17.0 Å². The van der Waals surface area contributed by atoms with E-state index in [4.69, 9.17) is 9.15 Å². The molecule has 0 spiro atoms. The van der Waals surface area contributed by atoms with Crippen LogP contribution in [0.5, 0.6) is 0 Å². The number of amides is 1. The maximum atomic E-state index is 13.1. The molecule has 6 heteroatoms. The lowest BCUT2D eigenvalue weighted by Gasteiger charge is -2.11. The monoisotopic (exact) mass is 367 g/mol. The molecule has 0 aliphatic heterocycles. The summed E-state index contributed by atoms with van der Waals surface area (Å²) in [5.74, 6) is -0.924. The summed E-state index contributed by atoms with van der Waals surface area (Å²) >= 11 is 0. The van der Waals surface area contributed by atoms with Crippen molar-refractivity contribution in [2.75, 3.05) is 6.61 Å². The molecule has 0 aliphatic carbocycles. The maximum absolute atomic E-state index is 13.1. The second kappa shape index (κ2) is 8.31. The molecule has 0 aliphatic rings. The number of esters is 1. The summed E-state index contributed by atoms with van der Waals surface area (Å²) in [4.78, 5) is 23.6. The van der Waals surface area contributed by atoms with Crippen molar-refractivity contribution >= 4 is 28.9 Å². The predicted octanol–water partition coefficient (Wildman–Crippen LogP) is 4.01. The van der Waals surface area contributed by atoms with Gasteiger partial charge < -0.3 is 14.5 Å². The highest BCUT2D eigenvalue weighted by atomic mass is 19.1. The van der Waals surface area contributed by atoms with Crippen molar-refractivity contribution in [1.82, 2.24) is 5.32 Å². The Morgan fingerprint density at radius 3 is 2.78 bits per heavy atom. The molecular weight excluding hydrogens is 349 g/mol. The Hall–Kier alpha value is -3.41. The van der Waals surface area contributed by atoms with Gasteiger partial charge in [0.05, 0.1) is 6.04 Å². The summed E-state index contributed by atoms with van der Waals surface area (Å²) < 4.78 is 23.6. The quantitative estimate of drug-likeness (QED) is 0.528. The van der Waals surface area contributed by atoms with Gasteiger partial charge in [0.1, 0.15) is 17.2 Å². The maximum Gasteiger partial charge on any atom is 0.331 e. The molecule has 0 unspecified atom stereocenters. The Kier molecular flexibility index (Phi) is 5.66. The molecule has 1 N–H and O–H groups in total. The highest BCUT2D eigenvalue weighted by Crippen LogP contribution is 2.23. The fourth-order valence-electron chi connectivity index (χ4n) is 2.53. The van der Waals surface area contributed by atoms with E-state index in [1.165, 1.54) is 24.3 Å². The van der Waals surface area contributed by atoms with Gasteiger partial charge in [0.25, 0.3) is 5.91 Å². The summed E-state index contributed by atoms with van der Waals surface area (Å²) in [7, 11) is 0. The van der Waals surface area contributed by atoms with Crippen LogP contribution in [0, 0.1) is 5.82 Å². The zero-order valence-electron chi connectivity index (χ0n) is 14.6. The number of carbonyl (C=O) groups excluding carboxylic acids is 2. The Morgan fingerprint density at radius 2 is 2.00 bits per heavy atom. The molecule has 0 saturated heterocycles. The second-order valence-corrected chi connectivity index (χ2v) is 5.97. The average molecular weight is 367 g/mol. The largest absolute Gasteiger partial charge is 0.459 e. The third kappa shape index (κ3) is 5.04. The van der Waals surface area contributed by atoms with E-state index in [2.05, 4.69) is 5.32 Å². The minimum absolute atomic E-state index is 0.369. The molecule has 1 amide bonds. The van der Waals surface area contributed by atoms with Crippen LogP contribution in [0.2, 0.25) is 0 Å². The topological polar surface area (TPSA) is 68.5 Å². The summed E-state index contributed by atoms with van der Waals surface area (Å²) in [6, 6.07) is 14.8. The predicted molar refractivity (Wildman–Crippen MR) is 99.2 cm³/mol. The number of furan rings is 1. The van der Waals surface area contributed by atoms with E-state index in [1.807, 2.05) is 30.3 Å². The number of fused-ring (bicyclic) bond motifs is 1. The average Bonchev–Trinajstić information content (AvgIpc) is 3.09. The number of hydrogen-bond acceptors (Lipinski definition) is 4. The lowest BCUT2D eigenvalue weighted by atomic mass is 10.2. The Labute approximate surface area is 155 Å².